The Balaban J connectivity index is 2.89. The fourth-order valence-corrected chi connectivity index (χ4v) is 1.47. The summed E-state index contributed by atoms with van der Waals surface area (Å²) in [4.78, 5) is 11.7. The Bertz CT molecular complexity index is 337. The Morgan fingerprint density at radius 1 is 1.29 bits per heavy atom. The molecule has 0 aliphatic rings. The molecular formula is C11H16O3. The Morgan fingerprint density at radius 3 is 2.36 bits per heavy atom. The van der Waals surface area contributed by atoms with Gasteiger partial charge in [-0.25, -0.2) is 0 Å². The van der Waals surface area contributed by atoms with E-state index in [9.17, 15) is 4.79 Å². The summed E-state index contributed by atoms with van der Waals surface area (Å²) in [5.74, 6) is 1.49. The molecule has 0 spiro atoms. The molecule has 3 heteroatoms. The molecule has 1 aromatic heterocycles. The predicted molar refractivity (Wildman–Crippen MR) is 53.7 cm³/mol. The van der Waals surface area contributed by atoms with Crippen LogP contribution in [0.3, 0.4) is 0 Å². The second-order valence-corrected chi connectivity index (χ2v) is 3.27. The van der Waals surface area contributed by atoms with E-state index in [-0.39, 0.29) is 12.4 Å². The van der Waals surface area contributed by atoms with Crippen molar-refractivity contribution >= 4 is 5.78 Å². The highest BCUT2D eigenvalue weighted by molar-refractivity contribution is 5.99. The number of hydrogen-bond donors (Lipinski definition) is 0. The number of carbonyl (C=O) groups is 1. The van der Waals surface area contributed by atoms with Gasteiger partial charge >= 0.3 is 0 Å². The number of rotatable bonds is 4. The first-order valence-corrected chi connectivity index (χ1v) is 4.75. The predicted octanol–water partition coefficient (Wildman–Crippen LogP) is 2.42. The van der Waals surface area contributed by atoms with E-state index in [1.807, 2.05) is 20.8 Å². The van der Waals surface area contributed by atoms with Gasteiger partial charge in [-0.05, 0) is 27.7 Å². The molecule has 0 saturated carbocycles. The molecule has 1 heterocycles. The third-order valence-electron chi connectivity index (χ3n) is 2.28. The monoisotopic (exact) mass is 196 g/mol. The van der Waals surface area contributed by atoms with Crippen molar-refractivity contribution in [1.82, 2.24) is 0 Å². The first-order valence-electron chi connectivity index (χ1n) is 4.75. The van der Waals surface area contributed by atoms with Crippen LogP contribution in [0, 0.1) is 20.8 Å². The van der Waals surface area contributed by atoms with E-state index in [0.29, 0.717) is 17.9 Å². The van der Waals surface area contributed by atoms with Crippen molar-refractivity contribution in [1.29, 1.82) is 0 Å². The van der Waals surface area contributed by atoms with Crippen LogP contribution in [0.25, 0.3) is 0 Å². The highest BCUT2D eigenvalue weighted by atomic mass is 16.5. The molecule has 3 nitrogen and oxygen atoms in total. The molecule has 0 aliphatic carbocycles. The fourth-order valence-electron chi connectivity index (χ4n) is 1.47. The quantitative estimate of drug-likeness (QED) is 0.694. The van der Waals surface area contributed by atoms with E-state index in [4.69, 9.17) is 9.15 Å². The first-order chi connectivity index (χ1) is 6.57. The highest BCUT2D eigenvalue weighted by Crippen LogP contribution is 2.21. The minimum atomic E-state index is -0.00120. The summed E-state index contributed by atoms with van der Waals surface area (Å²) in [6.07, 6.45) is 0. The SMILES string of the molecule is CCOCC(=O)c1c(C)oc(C)c1C. The van der Waals surface area contributed by atoms with Crippen LogP contribution in [0.2, 0.25) is 0 Å². The maximum atomic E-state index is 11.7. The third-order valence-corrected chi connectivity index (χ3v) is 2.28. The molecule has 0 aliphatic heterocycles. The zero-order valence-corrected chi connectivity index (χ0v) is 9.14. The molecule has 0 atom stereocenters. The Labute approximate surface area is 84.1 Å². The minimum Gasteiger partial charge on any atom is -0.466 e. The lowest BCUT2D eigenvalue weighted by molar-refractivity contribution is 0.0781. The molecular weight excluding hydrogens is 180 g/mol. The van der Waals surface area contributed by atoms with E-state index in [0.717, 1.165) is 11.3 Å². The molecule has 0 unspecified atom stereocenters. The summed E-state index contributed by atoms with van der Waals surface area (Å²) >= 11 is 0. The van der Waals surface area contributed by atoms with Crippen molar-refractivity contribution in [2.45, 2.75) is 27.7 Å². The van der Waals surface area contributed by atoms with Crippen LogP contribution in [-0.2, 0) is 4.74 Å². The van der Waals surface area contributed by atoms with Gasteiger partial charge in [0.1, 0.15) is 18.1 Å². The summed E-state index contributed by atoms with van der Waals surface area (Å²) < 4.78 is 10.4. The van der Waals surface area contributed by atoms with Crippen LogP contribution in [0.15, 0.2) is 4.42 Å². The number of ether oxygens (including phenoxy) is 1. The van der Waals surface area contributed by atoms with Gasteiger partial charge in [0.25, 0.3) is 0 Å². The summed E-state index contributed by atoms with van der Waals surface area (Å²) in [5.41, 5.74) is 1.60. The number of furan rings is 1. The van der Waals surface area contributed by atoms with Crippen molar-refractivity contribution in [3.63, 3.8) is 0 Å². The van der Waals surface area contributed by atoms with Crippen LogP contribution in [0.4, 0.5) is 0 Å². The number of hydrogen-bond acceptors (Lipinski definition) is 3. The summed E-state index contributed by atoms with van der Waals surface area (Å²) in [5, 5.41) is 0. The molecule has 0 bridgehead atoms. The van der Waals surface area contributed by atoms with Crippen molar-refractivity contribution in [3.05, 3.63) is 22.6 Å². The van der Waals surface area contributed by atoms with Gasteiger partial charge in [0.05, 0.1) is 5.56 Å². The summed E-state index contributed by atoms with van der Waals surface area (Å²) in [6.45, 7) is 8.12. The zero-order valence-electron chi connectivity index (χ0n) is 9.14. The van der Waals surface area contributed by atoms with Crippen LogP contribution >= 0.6 is 0 Å². The summed E-state index contributed by atoms with van der Waals surface area (Å²) in [7, 11) is 0. The zero-order chi connectivity index (χ0) is 10.7. The lowest BCUT2D eigenvalue weighted by Crippen LogP contribution is -2.10. The van der Waals surface area contributed by atoms with E-state index in [1.165, 1.54) is 0 Å². The Kier molecular flexibility index (Phi) is 3.47. The van der Waals surface area contributed by atoms with Gasteiger partial charge in [-0.2, -0.15) is 0 Å². The van der Waals surface area contributed by atoms with Crippen molar-refractivity contribution in [2.24, 2.45) is 0 Å². The van der Waals surface area contributed by atoms with Gasteiger partial charge in [-0.15, -0.1) is 0 Å². The maximum Gasteiger partial charge on any atom is 0.192 e. The minimum absolute atomic E-state index is 0.00120. The number of Topliss-reactive ketones (excluding diaryl/α,β-unsaturated/α-hetero) is 1. The van der Waals surface area contributed by atoms with Gasteiger partial charge in [0, 0.05) is 12.2 Å². The van der Waals surface area contributed by atoms with E-state index in [2.05, 4.69) is 0 Å². The Hall–Kier alpha value is -1.09. The summed E-state index contributed by atoms with van der Waals surface area (Å²) in [6, 6.07) is 0. The highest BCUT2D eigenvalue weighted by Gasteiger charge is 2.17. The first kappa shape index (κ1) is 11.0. The van der Waals surface area contributed by atoms with Crippen molar-refractivity contribution < 1.29 is 13.9 Å². The molecule has 0 radical (unpaired) electrons. The van der Waals surface area contributed by atoms with Crippen molar-refractivity contribution in [3.8, 4) is 0 Å². The van der Waals surface area contributed by atoms with Crippen LogP contribution < -0.4 is 0 Å². The Morgan fingerprint density at radius 2 is 1.93 bits per heavy atom. The average molecular weight is 196 g/mol. The normalized spacial score (nSPS) is 10.6. The molecule has 0 aromatic carbocycles. The van der Waals surface area contributed by atoms with Crippen molar-refractivity contribution in [2.75, 3.05) is 13.2 Å². The fraction of sp³-hybridized carbons (Fsp3) is 0.545. The van der Waals surface area contributed by atoms with E-state index in [1.54, 1.807) is 6.92 Å². The van der Waals surface area contributed by atoms with Gasteiger partial charge in [0.15, 0.2) is 5.78 Å². The lowest BCUT2D eigenvalue weighted by atomic mass is 10.1. The van der Waals surface area contributed by atoms with Gasteiger partial charge < -0.3 is 9.15 Å². The molecule has 1 rings (SSSR count). The molecule has 0 amide bonds. The molecule has 78 valence electrons. The molecule has 0 N–H and O–H groups in total. The van der Waals surface area contributed by atoms with Crippen LogP contribution in [-0.4, -0.2) is 19.0 Å². The largest absolute Gasteiger partial charge is 0.466 e. The van der Waals surface area contributed by atoms with Gasteiger partial charge in [-0.1, -0.05) is 0 Å². The lowest BCUT2D eigenvalue weighted by Gasteiger charge is -2.00. The molecule has 0 fully saturated rings. The number of carbonyl (C=O) groups excluding carboxylic acids is 1. The molecule has 0 saturated heterocycles. The molecule has 14 heavy (non-hydrogen) atoms. The van der Waals surface area contributed by atoms with E-state index >= 15 is 0 Å². The van der Waals surface area contributed by atoms with Crippen LogP contribution in [0.1, 0.15) is 34.4 Å². The molecule has 1 aromatic rings. The van der Waals surface area contributed by atoms with Gasteiger partial charge in [-0.3, -0.25) is 4.79 Å². The standard InChI is InChI=1S/C11H16O3/c1-5-13-6-10(12)11-7(2)8(3)14-9(11)4/h5-6H2,1-4H3. The topological polar surface area (TPSA) is 39.4 Å². The average Bonchev–Trinajstić information content (AvgIpc) is 2.38. The van der Waals surface area contributed by atoms with Gasteiger partial charge in [0.2, 0.25) is 0 Å². The van der Waals surface area contributed by atoms with E-state index < -0.39 is 0 Å². The third kappa shape index (κ3) is 2.04. The second kappa shape index (κ2) is 4.42. The van der Waals surface area contributed by atoms with Crippen LogP contribution in [0.5, 0.6) is 0 Å². The smallest absolute Gasteiger partial charge is 0.192 e. The second-order valence-electron chi connectivity index (χ2n) is 3.27. The number of ketones is 1. The number of aryl methyl sites for hydroxylation is 2. The maximum absolute atomic E-state index is 11.7.